The summed E-state index contributed by atoms with van der Waals surface area (Å²) in [7, 11) is 1.59. The lowest BCUT2D eigenvalue weighted by atomic mass is 9.92. The minimum Gasteiger partial charge on any atom is -0.497 e. The molecule has 0 radical (unpaired) electrons. The van der Waals surface area contributed by atoms with Crippen molar-refractivity contribution in [2.75, 3.05) is 7.11 Å². The van der Waals surface area contributed by atoms with Crippen LogP contribution in [0.1, 0.15) is 37.8 Å². The number of ether oxygens (including phenoxy) is 1. The number of hydrogen-bond acceptors (Lipinski definition) is 4. The van der Waals surface area contributed by atoms with E-state index in [2.05, 4.69) is 10.6 Å². The Balaban J connectivity index is 1.76. The second-order valence-electron chi connectivity index (χ2n) is 8.48. The number of amides is 2. The van der Waals surface area contributed by atoms with E-state index in [1.54, 1.807) is 7.11 Å². The van der Waals surface area contributed by atoms with Crippen LogP contribution in [-0.4, -0.2) is 36.8 Å². The fraction of sp³-hybridized carbons (Fsp3) is 0.400. The Kier molecular flexibility index (Phi) is 7.10. The van der Waals surface area contributed by atoms with Gasteiger partial charge in [0.2, 0.25) is 11.8 Å². The molecule has 2 N–H and O–H groups in total. The molecule has 31 heavy (non-hydrogen) atoms. The summed E-state index contributed by atoms with van der Waals surface area (Å²) in [5, 5.41) is 5.66. The number of rotatable bonds is 10. The SMILES string of the molecule is COc1ccc(CC(NC(C)=O)C(=O)NC(Cc2ccccc2)C(=O)C2(C)CC2)cc1. The Morgan fingerprint density at radius 1 is 0.903 bits per heavy atom. The smallest absolute Gasteiger partial charge is 0.243 e. The van der Waals surface area contributed by atoms with Gasteiger partial charge in [-0.25, -0.2) is 0 Å². The number of carbonyl (C=O) groups excluding carboxylic acids is 3. The average molecular weight is 423 g/mol. The third kappa shape index (κ3) is 6.17. The van der Waals surface area contributed by atoms with Crippen LogP contribution in [0.15, 0.2) is 54.6 Å². The molecule has 0 saturated heterocycles. The van der Waals surface area contributed by atoms with Gasteiger partial charge in [0.15, 0.2) is 5.78 Å². The molecule has 164 valence electrons. The lowest BCUT2D eigenvalue weighted by Gasteiger charge is -2.25. The van der Waals surface area contributed by atoms with Crippen LogP contribution < -0.4 is 15.4 Å². The van der Waals surface area contributed by atoms with Crippen molar-refractivity contribution in [3.8, 4) is 5.75 Å². The summed E-state index contributed by atoms with van der Waals surface area (Å²) in [6, 6.07) is 15.6. The summed E-state index contributed by atoms with van der Waals surface area (Å²) in [6.45, 7) is 3.33. The lowest BCUT2D eigenvalue weighted by Crippen LogP contribution is -2.53. The first-order valence-corrected chi connectivity index (χ1v) is 10.6. The maximum atomic E-state index is 13.2. The van der Waals surface area contributed by atoms with Crippen LogP contribution >= 0.6 is 0 Å². The molecule has 2 unspecified atom stereocenters. The Morgan fingerprint density at radius 3 is 2.03 bits per heavy atom. The van der Waals surface area contributed by atoms with Crippen LogP contribution in [0.5, 0.6) is 5.75 Å². The topological polar surface area (TPSA) is 84.5 Å². The number of ketones is 1. The van der Waals surface area contributed by atoms with Crippen molar-refractivity contribution in [2.45, 2.75) is 51.6 Å². The van der Waals surface area contributed by atoms with Crippen LogP contribution in [0.3, 0.4) is 0 Å². The van der Waals surface area contributed by atoms with Gasteiger partial charge >= 0.3 is 0 Å². The Hall–Kier alpha value is -3.15. The summed E-state index contributed by atoms with van der Waals surface area (Å²) in [5.41, 5.74) is 1.50. The van der Waals surface area contributed by atoms with E-state index in [-0.39, 0.29) is 23.0 Å². The molecule has 2 aromatic rings. The van der Waals surface area contributed by atoms with Gasteiger partial charge in [0.25, 0.3) is 0 Å². The molecular formula is C25H30N2O4. The van der Waals surface area contributed by atoms with Crippen LogP contribution in [0.25, 0.3) is 0 Å². The van der Waals surface area contributed by atoms with Gasteiger partial charge in [0, 0.05) is 18.8 Å². The molecule has 0 bridgehead atoms. The van der Waals surface area contributed by atoms with Crippen LogP contribution in [0.4, 0.5) is 0 Å². The van der Waals surface area contributed by atoms with Gasteiger partial charge < -0.3 is 15.4 Å². The van der Waals surface area contributed by atoms with Crippen LogP contribution in [0.2, 0.25) is 0 Å². The van der Waals surface area contributed by atoms with Crippen LogP contribution in [-0.2, 0) is 27.2 Å². The lowest BCUT2D eigenvalue weighted by molar-refractivity contribution is -0.132. The Labute approximate surface area is 183 Å². The summed E-state index contributed by atoms with van der Waals surface area (Å²) < 4.78 is 5.17. The van der Waals surface area contributed by atoms with Crippen molar-refractivity contribution in [3.63, 3.8) is 0 Å². The summed E-state index contributed by atoms with van der Waals surface area (Å²) in [5.74, 6) is 0.115. The van der Waals surface area contributed by atoms with Crippen molar-refractivity contribution in [2.24, 2.45) is 5.41 Å². The summed E-state index contributed by atoms with van der Waals surface area (Å²) >= 11 is 0. The van der Waals surface area contributed by atoms with Gasteiger partial charge in [0.1, 0.15) is 11.8 Å². The first-order chi connectivity index (χ1) is 14.8. The first-order valence-electron chi connectivity index (χ1n) is 10.6. The van der Waals surface area contributed by atoms with E-state index in [1.165, 1.54) is 6.92 Å². The molecule has 1 aliphatic rings. The molecule has 2 atom stereocenters. The zero-order valence-corrected chi connectivity index (χ0v) is 18.3. The van der Waals surface area contributed by atoms with E-state index >= 15 is 0 Å². The van der Waals surface area contributed by atoms with Crippen molar-refractivity contribution < 1.29 is 19.1 Å². The summed E-state index contributed by atoms with van der Waals surface area (Å²) in [4.78, 5) is 38.0. The van der Waals surface area contributed by atoms with Crippen molar-refractivity contribution >= 4 is 17.6 Å². The number of Topliss-reactive ketones (excluding diaryl/α,β-unsaturated/α-hetero) is 1. The average Bonchev–Trinajstić information content (AvgIpc) is 3.51. The fourth-order valence-electron chi connectivity index (χ4n) is 3.64. The second kappa shape index (κ2) is 9.77. The van der Waals surface area contributed by atoms with Gasteiger partial charge in [-0.2, -0.15) is 0 Å². The molecule has 0 heterocycles. The maximum Gasteiger partial charge on any atom is 0.243 e. The first kappa shape index (κ1) is 22.5. The third-order valence-electron chi connectivity index (χ3n) is 5.80. The monoisotopic (exact) mass is 422 g/mol. The highest BCUT2D eigenvalue weighted by Gasteiger charge is 2.47. The molecule has 0 aliphatic heterocycles. The standard InChI is InChI=1S/C25H30N2O4/c1-17(28)26-22(16-19-9-11-20(31-3)12-10-19)24(30)27-21(23(29)25(2)13-14-25)15-18-7-5-4-6-8-18/h4-12,21-22H,13-16H2,1-3H3,(H,26,28)(H,27,30). The predicted octanol–water partition coefficient (Wildman–Crippen LogP) is 2.84. The summed E-state index contributed by atoms with van der Waals surface area (Å²) in [6.07, 6.45) is 2.43. The second-order valence-corrected chi connectivity index (χ2v) is 8.48. The molecule has 1 fully saturated rings. The Morgan fingerprint density at radius 2 is 1.48 bits per heavy atom. The van der Waals surface area contributed by atoms with E-state index in [1.807, 2.05) is 61.5 Å². The van der Waals surface area contributed by atoms with Crippen molar-refractivity contribution in [3.05, 3.63) is 65.7 Å². The van der Waals surface area contributed by atoms with Gasteiger partial charge in [0.05, 0.1) is 13.2 Å². The minimum absolute atomic E-state index is 0.0516. The van der Waals surface area contributed by atoms with Crippen LogP contribution in [0, 0.1) is 5.41 Å². The maximum absolute atomic E-state index is 13.2. The van der Waals surface area contributed by atoms with E-state index < -0.39 is 12.1 Å². The number of benzene rings is 2. The van der Waals surface area contributed by atoms with E-state index in [9.17, 15) is 14.4 Å². The molecule has 2 aromatic carbocycles. The molecule has 6 nitrogen and oxygen atoms in total. The van der Waals surface area contributed by atoms with Gasteiger partial charge in [-0.1, -0.05) is 49.4 Å². The quantitative estimate of drug-likeness (QED) is 0.617. The highest BCUT2D eigenvalue weighted by Crippen LogP contribution is 2.46. The van der Waals surface area contributed by atoms with Gasteiger partial charge in [-0.15, -0.1) is 0 Å². The molecule has 0 aromatic heterocycles. The minimum atomic E-state index is -0.774. The Bertz CT molecular complexity index is 920. The molecule has 6 heteroatoms. The largest absolute Gasteiger partial charge is 0.497 e. The predicted molar refractivity (Wildman–Crippen MR) is 119 cm³/mol. The van der Waals surface area contributed by atoms with Gasteiger partial charge in [-0.3, -0.25) is 14.4 Å². The van der Waals surface area contributed by atoms with Gasteiger partial charge in [-0.05, 0) is 42.5 Å². The van der Waals surface area contributed by atoms with E-state index in [4.69, 9.17) is 4.74 Å². The molecule has 1 saturated carbocycles. The number of methoxy groups -OCH3 is 1. The molecule has 2 amide bonds. The highest BCUT2D eigenvalue weighted by molar-refractivity contribution is 5.96. The van der Waals surface area contributed by atoms with Crippen molar-refractivity contribution in [1.82, 2.24) is 10.6 Å². The highest BCUT2D eigenvalue weighted by atomic mass is 16.5. The number of hydrogen-bond donors (Lipinski definition) is 2. The third-order valence-corrected chi connectivity index (χ3v) is 5.80. The molecular weight excluding hydrogens is 392 g/mol. The fourth-order valence-corrected chi connectivity index (χ4v) is 3.64. The number of nitrogens with one attached hydrogen (secondary N) is 2. The number of carbonyl (C=O) groups is 3. The van der Waals surface area contributed by atoms with E-state index in [0.29, 0.717) is 12.8 Å². The zero-order chi connectivity index (χ0) is 22.4. The van der Waals surface area contributed by atoms with E-state index in [0.717, 1.165) is 29.7 Å². The van der Waals surface area contributed by atoms with Crippen molar-refractivity contribution in [1.29, 1.82) is 0 Å². The normalized spacial score (nSPS) is 16.0. The molecule has 3 rings (SSSR count). The molecule has 0 spiro atoms. The zero-order valence-electron chi connectivity index (χ0n) is 18.3. The molecule has 1 aliphatic carbocycles.